The van der Waals surface area contributed by atoms with Gasteiger partial charge in [0.1, 0.15) is 5.75 Å². The summed E-state index contributed by atoms with van der Waals surface area (Å²) in [5, 5.41) is 4.73. The first-order valence-electron chi connectivity index (χ1n) is 7.18. The number of carbonyl (C=O) groups is 2. The van der Waals surface area contributed by atoms with Crippen LogP contribution < -0.4 is 10.1 Å². The van der Waals surface area contributed by atoms with E-state index in [9.17, 15) is 9.59 Å². The Labute approximate surface area is 133 Å². The van der Waals surface area contributed by atoms with Crippen LogP contribution >= 0.6 is 11.3 Å². The molecule has 0 unspecified atom stereocenters. The van der Waals surface area contributed by atoms with Gasteiger partial charge in [-0.1, -0.05) is 18.2 Å². The lowest BCUT2D eigenvalue weighted by Crippen LogP contribution is -2.37. The zero-order valence-corrected chi connectivity index (χ0v) is 13.3. The number of para-hydroxylation sites is 1. The maximum atomic E-state index is 12.3. The first-order valence-corrected chi connectivity index (χ1v) is 8.06. The number of Topliss-reactive ketones (excluding diaryl/α,β-unsaturated/α-hetero) is 1. The molecule has 114 valence electrons. The Bertz CT molecular complexity index is 722. The topological polar surface area (TPSA) is 55.4 Å². The van der Waals surface area contributed by atoms with Crippen LogP contribution in [0.2, 0.25) is 0 Å². The van der Waals surface area contributed by atoms with Gasteiger partial charge in [-0.2, -0.15) is 0 Å². The molecule has 1 N–H and O–H groups in total. The van der Waals surface area contributed by atoms with Crippen LogP contribution in [-0.2, 0) is 0 Å². The van der Waals surface area contributed by atoms with E-state index >= 15 is 0 Å². The van der Waals surface area contributed by atoms with Gasteiger partial charge in [0.15, 0.2) is 5.78 Å². The van der Waals surface area contributed by atoms with Crippen LogP contribution in [0.4, 0.5) is 0 Å². The first kappa shape index (κ1) is 14.8. The Hall–Kier alpha value is -2.14. The summed E-state index contributed by atoms with van der Waals surface area (Å²) in [6.45, 7) is 4.05. The third kappa shape index (κ3) is 2.76. The number of nitrogens with one attached hydrogen (secondary N) is 1. The number of ether oxygens (including phenoxy) is 1. The number of carbonyl (C=O) groups excluding carboxylic acids is 2. The Morgan fingerprint density at radius 2 is 2.14 bits per heavy atom. The molecule has 0 saturated heterocycles. The number of rotatable bonds is 4. The van der Waals surface area contributed by atoms with Gasteiger partial charge in [0, 0.05) is 28.5 Å². The number of hydrogen-bond donors (Lipinski definition) is 1. The van der Waals surface area contributed by atoms with Crippen molar-refractivity contribution in [2.24, 2.45) is 0 Å². The predicted octanol–water partition coefficient (Wildman–Crippen LogP) is 3.25. The fourth-order valence-electron chi connectivity index (χ4n) is 2.62. The van der Waals surface area contributed by atoms with Gasteiger partial charge in [0.25, 0.3) is 5.91 Å². The molecule has 1 aromatic carbocycles. The molecule has 0 bridgehead atoms. The molecule has 22 heavy (non-hydrogen) atoms. The molecule has 4 nitrogen and oxygen atoms in total. The quantitative estimate of drug-likeness (QED) is 0.881. The van der Waals surface area contributed by atoms with E-state index < -0.39 is 0 Å². The first-order chi connectivity index (χ1) is 10.6. The smallest absolute Gasteiger partial charge is 0.261 e. The normalized spacial score (nSPS) is 17.5. The summed E-state index contributed by atoms with van der Waals surface area (Å²) in [7, 11) is 0. The highest BCUT2D eigenvalue weighted by Crippen LogP contribution is 2.35. The molecule has 2 aromatic rings. The maximum absolute atomic E-state index is 12.3. The van der Waals surface area contributed by atoms with E-state index in [2.05, 4.69) is 5.32 Å². The van der Waals surface area contributed by atoms with Crippen molar-refractivity contribution in [3.63, 3.8) is 0 Å². The molecule has 2 atom stereocenters. The third-order valence-electron chi connectivity index (χ3n) is 3.93. The Morgan fingerprint density at radius 3 is 2.86 bits per heavy atom. The van der Waals surface area contributed by atoms with E-state index in [1.807, 2.05) is 31.2 Å². The largest absolute Gasteiger partial charge is 0.493 e. The van der Waals surface area contributed by atoms with Crippen molar-refractivity contribution in [3.05, 3.63) is 51.7 Å². The van der Waals surface area contributed by atoms with Gasteiger partial charge in [0.2, 0.25) is 0 Å². The van der Waals surface area contributed by atoms with E-state index in [1.165, 1.54) is 18.3 Å². The lowest BCUT2D eigenvalue weighted by atomic mass is 9.94. The van der Waals surface area contributed by atoms with Crippen molar-refractivity contribution in [2.75, 3.05) is 6.61 Å². The van der Waals surface area contributed by atoms with E-state index in [1.54, 1.807) is 11.4 Å². The summed E-state index contributed by atoms with van der Waals surface area (Å²) >= 11 is 1.29. The van der Waals surface area contributed by atoms with Crippen LogP contribution in [0, 0.1) is 0 Å². The predicted molar refractivity (Wildman–Crippen MR) is 85.9 cm³/mol. The number of ketones is 1. The summed E-state index contributed by atoms with van der Waals surface area (Å²) in [6.07, 6.45) is 0. The van der Waals surface area contributed by atoms with Gasteiger partial charge in [-0.3, -0.25) is 9.59 Å². The summed E-state index contributed by atoms with van der Waals surface area (Å²) in [5.41, 5.74) is 1.71. The van der Waals surface area contributed by atoms with Crippen LogP contribution in [0.5, 0.6) is 5.75 Å². The Balaban J connectivity index is 1.70. The highest BCUT2D eigenvalue weighted by Gasteiger charge is 2.29. The molecule has 1 amide bonds. The van der Waals surface area contributed by atoms with Crippen molar-refractivity contribution >= 4 is 23.0 Å². The van der Waals surface area contributed by atoms with E-state index in [4.69, 9.17) is 4.74 Å². The summed E-state index contributed by atoms with van der Waals surface area (Å²) < 4.78 is 5.66. The second-order valence-electron chi connectivity index (χ2n) is 5.47. The summed E-state index contributed by atoms with van der Waals surface area (Å²) in [5.74, 6) is 0.867. The van der Waals surface area contributed by atoms with Gasteiger partial charge in [-0.05, 0) is 26.0 Å². The lowest BCUT2D eigenvalue weighted by Gasteiger charge is -2.19. The molecule has 0 saturated carbocycles. The van der Waals surface area contributed by atoms with Crippen molar-refractivity contribution in [1.82, 2.24) is 5.32 Å². The standard InChI is InChI=1S/C17H17NO3S/c1-10(14-8-21-15-6-4-3-5-13(14)15)18-17(20)16-7-12(9-22-16)11(2)19/h3-7,9-10,14H,8H2,1-2H3,(H,18,20)/t10-,14-/m0/s1. The van der Waals surface area contributed by atoms with Gasteiger partial charge in [-0.25, -0.2) is 0 Å². The fraction of sp³-hybridized carbons (Fsp3) is 0.294. The zero-order valence-electron chi connectivity index (χ0n) is 12.5. The molecule has 0 radical (unpaired) electrons. The van der Waals surface area contributed by atoms with Crippen LogP contribution in [-0.4, -0.2) is 24.3 Å². The lowest BCUT2D eigenvalue weighted by molar-refractivity contribution is 0.0936. The minimum absolute atomic E-state index is 0.0264. The minimum atomic E-state index is -0.144. The highest BCUT2D eigenvalue weighted by molar-refractivity contribution is 7.12. The SMILES string of the molecule is CC(=O)c1csc(C(=O)N[C@@H](C)[C@@H]2COc3ccccc32)c1. The minimum Gasteiger partial charge on any atom is -0.493 e. The van der Waals surface area contributed by atoms with Crippen molar-refractivity contribution in [1.29, 1.82) is 0 Å². The molecule has 5 heteroatoms. The number of thiophene rings is 1. The second kappa shape index (κ2) is 5.93. The van der Waals surface area contributed by atoms with E-state index in [0.29, 0.717) is 17.0 Å². The number of hydrogen-bond acceptors (Lipinski definition) is 4. The van der Waals surface area contributed by atoms with Gasteiger partial charge < -0.3 is 10.1 Å². The van der Waals surface area contributed by atoms with Crippen LogP contribution in [0.3, 0.4) is 0 Å². The van der Waals surface area contributed by atoms with Crippen LogP contribution in [0.25, 0.3) is 0 Å². The fourth-order valence-corrected chi connectivity index (χ4v) is 3.47. The van der Waals surface area contributed by atoms with Gasteiger partial charge >= 0.3 is 0 Å². The maximum Gasteiger partial charge on any atom is 0.261 e. The van der Waals surface area contributed by atoms with E-state index in [0.717, 1.165) is 11.3 Å². The monoisotopic (exact) mass is 315 g/mol. The van der Waals surface area contributed by atoms with E-state index in [-0.39, 0.29) is 23.7 Å². The third-order valence-corrected chi connectivity index (χ3v) is 4.86. The summed E-state index contributed by atoms with van der Waals surface area (Å²) in [4.78, 5) is 24.2. The molecular formula is C17H17NO3S. The Morgan fingerprint density at radius 1 is 1.36 bits per heavy atom. The Kier molecular flexibility index (Phi) is 3.98. The van der Waals surface area contributed by atoms with Gasteiger partial charge in [-0.15, -0.1) is 11.3 Å². The van der Waals surface area contributed by atoms with Crippen molar-refractivity contribution < 1.29 is 14.3 Å². The zero-order chi connectivity index (χ0) is 15.7. The number of fused-ring (bicyclic) bond motifs is 1. The average Bonchev–Trinajstić information content (AvgIpc) is 3.14. The van der Waals surface area contributed by atoms with Crippen LogP contribution in [0.1, 0.15) is 45.4 Å². The molecule has 1 aliphatic heterocycles. The highest BCUT2D eigenvalue weighted by atomic mass is 32.1. The average molecular weight is 315 g/mol. The molecule has 2 heterocycles. The molecule has 0 aliphatic carbocycles. The second-order valence-corrected chi connectivity index (χ2v) is 6.38. The van der Waals surface area contributed by atoms with Crippen LogP contribution in [0.15, 0.2) is 35.7 Å². The number of benzene rings is 1. The van der Waals surface area contributed by atoms with Crippen molar-refractivity contribution in [2.45, 2.75) is 25.8 Å². The molecule has 1 aromatic heterocycles. The molecule has 3 rings (SSSR count). The molecule has 1 aliphatic rings. The number of amides is 1. The van der Waals surface area contributed by atoms with Gasteiger partial charge in [0.05, 0.1) is 11.5 Å². The molecule has 0 fully saturated rings. The molecule has 0 spiro atoms. The van der Waals surface area contributed by atoms with Crippen molar-refractivity contribution in [3.8, 4) is 5.75 Å². The summed E-state index contributed by atoms with van der Waals surface area (Å²) in [6, 6.07) is 9.51. The molecular weight excluding hydrogens is 298 g/mol.